The van der Waals surface area contributed by atoms with Gasteiger partial charge < -0.3 is 5.32 Å². The Morgan fingerprint density at radius 1 is 1.43 bits per heavy atom. The van der Waals surface area contributed by atoms with Crippen molar-refractivity contribution < 1.29 is 13.2 Å². The Hall–Kier alpha value is -1.53. The molecule has 0 bridgehead atoms. The Labute approximate surface area is 129 Å². The van der Waals surface area contributed by atoms with E-state index in [1.807, 2.05) is 0 Å². The monoisotopic (exact) mass is 328 g/mol. The summed E-state index contributed by atoms with van der Waals surface area (Å²) in [5, 5.41) is 2.92. The Kier molecular flexibility index (Phi) is 4.90. The van der Waals surface area contributed by atoms with Gasteiger partial charge in [-0.2, -0.15) is 0 Å². The second-order valence-corrected chi connectivity index (χ2v) is 7.18. The number of nitrogens with one attached hydrogen (secondary N) is 1. The van der Waals surface area contributed by atoms with Crippen molar-refractivity contribution in [2.45, 2.75) is 12.8 Å². The molecule has 1 N–H and O–H groups in total. The van der Waals surface area contributed by atoms with Crippen LogP contribution in [-0.2, 0) is 10.0 Å². The number of anilines is 1. The number of amides is 1. The van der Waals surface area contributed by atoms with Crippen LogP contribution in [-0.4, -0.2) is 33.2 Å². The zero-order valence-electron chi connectivity index (χ0n) is 11.5. The number of sulfonamides is 1. The molecule has 0 aromatic heterocycles. The van der Waals surface area contributed by atoms with Crippen LogP contribution >= 0.6 is 11.6 Å². The molecule has 1 fully saturated rings. The quantitative estimate of drug-likeness (QED) is 0.861. The predicted molar refractivity (Wildman–Crippen MR) is 84.3 cm³/mol. The van der Waals surface area contributed by atoms with Gasteiger partial charge in [-0.15, -0.1) is 6.58 Å². The lowest BCUT2D eigenvalue weighted by Crippen LogP contribution is -2.38. The number of hydrogen-bond donors (Lipinski definition) is 1. The Morgan fingerprint density at radius 3 is 2.86 bits per heavy atom. The molecule has 0 unspecified atom stereocenters. The van der Waals surface area contributed by atoms with Crippen molar-refractivity contribution in [3.63, 3.8) is 0 Å². The van der Waals surface area contributed by atoms with E-state index in [9.17, 15) is 13.2 Å². The van der Waals surface area contributed by atoms with Crippen LogP contribution in [0.5, 0.6) is 0 Å². The molecule has 21 heavy (non-hydrogen) atoms. The molecule has 5 nitrogen and oxygen atoms in total. The standard InChI is InChI=1S/C14H17ClN2O3S/c1-2-7-16-14(18)12-10-11(5-6-13(12)15)17-8-3-4-9-21(17,19)20/h2,5-6,10H,1,3-4,7-9H2,(H,16,18). The molecule has 0 radical (unpaired) electrons. The summed E-state index contributed by atoms with van der Waals surface area (Å²) in [5.41, 5.74) is 0.736. The third kappa shape index (κ3) is 3.57. The summed E-state index contributed by atoms with van der Waals surface area (Å²) in [5.74, 6) is -0.218. The van der Waals surface area contributed by atoms with Gasteiger partial charge in [0.2, 0.25) is 10.0 Å². The highest BCUT2D eigenvalue weighted by molar-refractivity contribution is 7.92. The van der Waals surface area contributed by atoms with Crippen molar-refractivity contribution in [3.05, 3.63) is 41.4 Å². The fourth-order valence-corrected chi connectivity index (χ4v) is 4.02. The SMILES string of the molecule is C=CCNC(=O)c1cc(N2CCCCS2(=O)=O)ccc1Cl. The molecule has 2 rings (SSSR count). The van der Waals surface area contributed by atoms with E-state index in [0.717, 1.165) is 6.42 Å². The molecule has 1 aromatic rings. The van der Waals surface area contributed by atoms with Crippen molar-refractivity contribution >= 4 is 33.2 Å². The molecular weight excluding hydrogens is 312 g/mol. The van der Waals surface area contributed by atoms with Crippen LogP contribution in [0.4, 0.5) is 5.69 Å². The summed E-state index contributed by atoms with van der Waals surface area (Å²) in [6.45, 7) is 4.27. The Balaban J connectivity index is 2.34. The number of hydrogen-bond acceptors (Lipinski definition) is 3. The average molecular weight is 329 g/mol. The number of carbonyl (C=O) groups is 1. The van der Waals surface area contributed by atoms with Gasteiger partial charge in [0.05, 0.1) is 22.0 Å². The molecule has 1 saturated heterocycles. The largest absolute Gasteiger partial charge is 0.349 e. The van der Waals surface area contributed by atoms with Gasteiger partial charge in [0, 0.05) is 13.1 Å². The average Bonchev–Trinajstić information content (AvgIpc) is 2.45. The summed E-state index contributed by atoms with van der Waals surface area (Å²) >= 11 is 6.03. The molecule has 7 heteroatoms. The molecule has 1 aliphatic rings. The van der Waals surface area contributed by atoms with Crippen LogP contribution < -0.4 is 9.62 Å². The number of benzene rings is 1. The highest BCUT2D eigenvalue weighted by Crippen LogP contribution is 2.27. The number of carbonyl (C=O) groups excluding carboxylic acids is 1. The summed E-state index contributed by atoms with van der Waals surface area (Å²) in [6.07, 6.45) is 3.03. The lowest BCUT2D eigenvalue weighted by Gasteiger charge is -2.28. The van der Waals surface area contributed by atoms with E-state index in [1.54, 1.807) is 18.2 Å². The molecule has 1 aromatic carbocycles. The molecule has 0 atom stereocenters. The van der Waals surface area contributed by atoms with Gasteiger partial charge in [-0.05, 0) is 31.0 Å². The van der Waals surface area contributed by atoms with Gasteiger partial charge >= 0.3 is 0 Å². The third-order valence-electron chi connectivity index (χ3n) is 3.24. The van der Waals surface area contributed by atoms with E-state index in [-0.39, 0.29) is 22.2 Å². The minimum atomic E-state index is -3.31. The van der Waals surface area contributed by atoms with Crippen LogP contribution in [0.25, 0.3) is 0 Å². The minimum Gasteiger partial charge on any atom is -0.349 e. The van der Waals surface area contributed by atoms with Gasteiger partial charge in [0.1, 0.15) is 0 Å². The van der Waals surface area contributed by atoms with Crippen LogP contribution in [0.1, 0.15) is 23.2 Å². The van der Waals surface area contributed by atoms with E-state index in [4.69, 9.17) is 11.6 Å². The molecule has 0 spiro atoms. The maximum Gasteiger partial charge on any atom is 0.253 e. The van der Waals surface area contributed by atoms with Crippen LogP contribution in [0.3, 0.4) is 0 Å². The first-order valence-corrected chi connectivity index (χ1v) is 8.63. The van der Waals surface area contributed by atoms with Gasteiger partial charge in [0.15, 0.2) is 0 Å². The van der Waals surface area contributed by atoms with Crippen molar-refractivity contribution in [3.8, 4) is 0 Å². The highest BCUT2D eigenvalue weighted by Gasteiger charge is 2.26. The summed E-state index contributed by atoms with van der Waals surface area (Å²) in [7, 11) is -3.31. The molecule has 0 aliphatic carbocycles. The van der Waals surface area contributed by atoms with Crippen molar-refractivity contribution in [2.75, 3.05) is 23.1 Å². The lowest BCUT2D eigenvalue weighted by atomic mass is 10.1. The third-order valence-corrected chi connectivity index (χ3v) is 5.44. The second kappa shape index (κ2) is 6.49. The molecular formula is C14H17ClN2O3S. The van der Waals surface area contributed by atoms with Crippen molar-refractivity contribution in [1.29, 1.82) is 0 Å². The van der Waals surface area contributed by atoms with Crippen molar-refractivity contribution in [2.24, 2.45) is 0 Å². The fraction of sp³-hybridized carbons (Fsp3) is 0.357. The summed E-state index contributed by atoms with van der Waals surface area (Å²) < 4.78 is 25.5. The maximum atomic E-state index is 12.1. The summed E-state index contributed by atoms with van der Waals surface area (Å²) in [6, 6.07) is 4.68. The zero-order chi connectivity index (χ0) is 15.5. The van der Waals surface area contributed by atoms with E-state index >= 15 is 0 Å². The highest BCUT2D eigenvalue weighted by atomic mass is 35.5. The first-order chi connectivity index (χ1) is 9.95. The first kappa shape index (κ1) is 15.9. The molecule has 1 aliphatic heterocycles. The fourth-order valence-electron chi connectivity index (χ4n) is 2.18. The second-order valence-electron chi connectivity index (χ2n) is 4.76. The number of nitrogens with zero attached hydrogens (tertiary/aromatic N) is 1. The van der Waals surface area contributed by atoms with Crippen LogP contribution in [0, 0.1) is 0 Å². The zero-order valence-corrected chi connectivity index (χ0v) is 13.1. The molecule has 1 heterocycles. The van der Waals surface area contributed by atoms with E-state index in [0.29, 0.717) is 25.2 Å². The van der Waals surface area contributed by atoms with E-state index in [1.165, 1.54) is 10.4 Å². The lowest BCUT2D eigenvalue weighted by molar-refractivity contribution is 0.0958. The Morgan fingerprint density at radius 2 is 2.19 bits per heavy atom. The van der Waals surface area contributed by atoms with E-state index < -0.39 is 10.0 Å². The smallest absolute Gasteiger partial charge is 0.253 e. The van der Waals surface area contributed by atoms with Crippen molar-refractivity contribution in [1.82, 2.24) is 5.32 Å². The van der Waals surface area contributed by atoms with Gasteiger partial charge in [-0.25, -0.2) is 8.42 Å². The molecule has 1 amide bonds. The van der Waals surface area contributed by atoms with Crippen LogP contribution in [0.2, 0.25) is 5.02 Å². The predicted octanol–water partition coefficient (Wildman–Crippen LogP) is 2.19. The van der Waals surface area contributed by atoms with Gasteiger partial charge in [-0.1, -0.05) is 17.7 Å². The van der Waals surface area contributed by atoms with Crippen LogP contribution in [0.15, 0.2) is 30.9 Å². The van der Waals surface area contributed by atoms with Gasteiger partial charge in [-0.3, -0.25) is 9.10 Å². The first-order valence-electron chi connectivity index (χ1n) is 6.65. The number of halogens is 1. The Bertz CT molecular complexity index is 658. The topological polar surface area (TPSA) is 66.5 Å². The summed E-state index contributed by atoms with van der Waals surface area (Å²) in [4.78, 5) is 12.0. The molecule has 0 saturated carbocycles. The molecule has 114 valence electrons. The normalized spacial score (nSPS) is 17.3. The maximum absolute atomic E-state index is 12.1. The van der Waals surface area contributed by atoms with E-state index in [2.05, 4.69) is 11.9 Å². The minimum absolute atomic E-state index is 0.133. The number of rotatable bonds is 4. The van der Waals surface area contributed by atoms with Gasteiger partial charge in [0.25, 0.3) is 5.91 Å².